The Morgan fingerprint density at radius 3 is 1.88 bits per heavy atom. The second-order valence-electron chi connectivity index (χ2n) is 11.3. The molecule has 1 unspecified atom stereocenters. The highest BCUT2D eigenvalue weighted by molar-refractivity contribution is 5.96. The highest BCUT2D eigenvalue weighted by Crippen LogP contribution is 2.41. The molecule has 4 rings (SSSR count). The predicted octanol–water partition coefficient (Wildman–Crippen LogP) is 6.56. The van der Waals surface area contributed by atoms with E-state index in [4.69, 9.17) is 14.2 Å². The van der Waals surface area contributed by atoms with Crippen LogP contribution in [0.2, 0.25) is 0 Å². The Morgan fingerprint density at radius 2 is 1.28 bits per heavy atom. The van der Waals surface area contributed by atoms with E-state index in [0.29, 0.717) is 30.2 Å². The van der Waals surface area contributed by atoms with Crippen LogP contribution in [0.4, 0.5) is 0 Å². The van der Waals surface area contributed by atoms with Gasteiger partial charge < -0.3 is 24.0 Å². The lowest BCUT2D eigenvalue weighted by Crippen LogP contribution is -2.63. The lowest BCUT2D eigenvalue weighted by atomic mass is 9.96. The molecule has 7 nitrogen and oxygen atoms in total. The van der Waals surface area contributed by atoms with Crippen molar-refractivity contribution in [2.75, 3.05) is 34.9 Å². The molecule has 43 heavy (non-hydrogen) atoms. The lowest BCUT2D eigenvalue weighted by Gasteiger charge is -2.42. The topological polar surface area (TPSA) is 68.3 Å². The molecule has 1 saturated heterocycles. The Kier molecular flexibility index (Phi) is 11.5. The number of piperazine rings is 1. The SMILES string of the molecule is COc1cc(-c2ccc(CC3C(=O)N(CCCCCCCCc4ccccc4)[C@@H](C)C(=O)N3C)cc2)cc(OC)c1OC. The molecule has 3 aromatic rings. The summed E-state index contributed by atoms with van der Waals surface area (Å²) in [5.74, 6) is 1.76. The van der Waals surface area contributed by atoms with Crippen molar-refractivity contribution in [3.8, 4) is 28.4 Å². The van der Waals surface area contributed by atoms with Crippen LogP contribution in [0, 0.1) is 0 Å². The van der Waals surface area contributed by atoms with Gasteiger partial charge in [0.25, 0.3) is 0 Å². The second-order valence-corrected chi connectivity index (χ2v) is 11.3. The van der Waals surface area contributed by atoms with Crippen LogP contribution < -0.4 is 14.2 Å². The van der Waals surface area contributed by atoms with Crippen molar-refractivity contribution in [1.29, 1.82) is 0 Å². The smallest absolute Gasteiger partial charge is 0.246 e. The average Bonchev–Trinajstić information content (AvgIpc) is 3.04. The summed E-state index contributed by atoms with van der Waals surface area (Å²) >= 11 is 0. The van der Waals surface area contributed by atoms with Crippen molar-refractivity contribution in [2.45, 2.75) is 70.4 Å². The summed E-state index contributed by atoms with van der Waals surface area (Å²) < 4.78 is 16.5. The average molecular weight is 587 g/mol. The first-order valence-electron chi connectivity index (χ1n) is 15.4. The number of amides is 2. The summed E-state index contributed by atoms with van der Waals surface area (Å²) in [7, 11) is 6.53. The number of nitrogens with zero attached hydrogens (tertiary/aromatic N) is 2. The second kappa shape index (κ2) is 15.5. The zero-order valence-corrected chi connectivity index (χ0v) is 26.3. The number of carbonyl (C=O) groups excluding carboxylic acids is 2. The van der Waals surface area contributed by atoms with E-state index >= 15 is 0 Å². The third-order valence-electron chi connectivity index (χ3n) is 8.55. The van der Waals surface area contributed by atoms with Gasteiger partial charge in [-0.25, -0.2) is 0 Å². The standard InChI is InChI=1S/C36H46N2O5/c1-26-35(39)37(2)31(36(40)38(26)22-14-9-7-6-8-11-15-27-16-12-10-13-17-27)23-28-18-20-29(21-19-28)30-24-32(41-3)34(43-5)33(25-30)42-4/h10,12-13,16-21,24-26,31H,6-9,11,14-15,22-23H2,1-5H3/t26-,31?/m0/s1. The van der Waals surface area contributed by atoms with Crippen LogP contribution in [0.15, 0.2) is 66.7 Å². The maximum Gasteiger partial charge on any atom is 0.246 e. The summed E-state index contributed by atoms with van der Waals surface area (Å²) in [5.41, 5.74) is 4.31. The van der Waals surface area contributed by atoms with Gasteiger partial charge in [0, 0.05) is 20.0 Å². The molecule has 7 heteroatoms. The van der Waals surface area contributed by atoms with Gasteiger partial charge in [0.1, 0.15) is 12.1 Å². The van der Waals surface area contributed by atoms with Crippen molar-refractivity contribution in [1.82, 2.24) is 9.80 Å². The molecule has 0 aromatic heterocycles. The Balaban J connectivity index is 1.31. The summed E-state index contributed by atoms with van der Waals surface area (Å²) in [6.07, 6.45) is 8.37. The number of ether oxygens (including phenoxy) is 3. The summed E-state index contributed by atoms with van der Waals surface area (Å²) in [5, 5.41) is 0. The predicted molar refractivity (Wildman–Crippen MR) is 171 cm³/mol. The molecule has 3 aromatic carbocycles. The normalized spacial score (nSPS) is 16.9. The van der Waals surface area contributed by atoms with Crippen molar-refractivity contribution < 1.29 is 23.8 Å². The first kappa shape index (κ1) is 31.9. The number of rotatable bonds is 15. The molecule has 0 spiro atoms. The number of hydrogen-bond acceptors (Lipinski definition) is 5. The van der Waals surface area contributed by atoms with E-state index in [0.717, 1.165) is 42.4 Å². The van der Waals surface area contributed by atoms with E-state index in [1.165, 1.54) is 24.8 Å². The van der Waals surface area contributed by atoms with E-state index in [-0.39, 0.29) is 11.8 Å². The van der Waals surface area contributed by atoms with Crippen LogP contribution in [0.5, 0.6) is 17.2 Å². The maximum atomic E-state index is 13.6. The van der Waals surface area contributed by atoms with Gasteiger partial charge in [-0.3, -0.25) is 9.59 Å². The fraction of sp³-hybridized carbons (Fsp3) is 0.444. The molecule has 0 N–H and O–H groups in total. The van der Waals surface area contributed by atoms with Crippen LogP contribution in [0.25, 0.3) is 11.1 Å². The van der Waals surface area contributed by atoms with Gasteiger partial charge in [0.05, 0.1) is 21.3 Å². The number of methoxy groups -OCH3 is 3. The van der Waals surface area contributed by atoms with Crippen LogP contribution in [0.1, 0.15) is 56.6 Å². The first-order valence-corrected chi connectivity index (χ1v) is 15.4. The van der Waals surface area contributed by atoms with Crippen LogP contribution in [-0.4, -0.2) is 68.6 Å². The number of hydrogen-bond donors (Lipinski definition) is 0. The number of likely N-dealkylation sites (N-methyl/N-ethyl adjacent to an activating group) is 1. The van der Waals surface area contributed by atoms with E-state index < -0.39 is 12.1 Å². The van der Waals surface area contributed by atoms with Crippen LogP contribution >= 0.6 is 0 Å². The minimum atomic E-state index is -0.506. The van der Waals surface area contributed by atoms with Gasteiger partial charge >= 0.3 is 0 Å². The van der Waals surface area contributed by atoms with E-state index in [1.807, 2.05) is 43.3 Å². The number of unbranched alkanes of at least 4 members (excludes halogenated alkanes) is 5. The molecular formula is C36H46N2O5. The molecule has 230 valence electrons. The van der Waals surface area contributed by atoms with Crippen LogP contribution in [0.3, 0.4) is 0 Å². The molecule has 0 aliphatic carbocycles. The number of benzene rings is 3. The largest absolute Gasteiger partial charge is 0.493 e. The Bertz CT molecular complexity index is 1320. The minimum Gasteiger partial charge on any atom is -0.493 e. The number of aryl methyl sites for hydroxylation is 1. The van der Waals surface area contributed by atoms with E-state index in [1.54, 1.807) is 38.2 Å². The van der Waals surface area contributed by atoms with E-state index in [9.17, 15) is 9.59 Å². The quantitative estimate of drug-likeness (QED) is 0.189. The monoisotopic (exact) mass is 586 g/mol. The van der Waals surface area contributed by atoms with Gasteiger partial charge in [0.15, 0.2) is 11.5 Å². The van der Waals surface area contributed by atoms with Gasteiger partial charge in [-0.05, 0) is 60.6 Å². The van der Waals surface area contributed by atoms with Gasteiger partial charge in [-0.15, -0.1) is 0 Å². The molecule has 0 radical (unpaired) electrons. The minimum absolute atomic E-state index is 0.000412. The maximum absolute atomic E-state index is 13.6. The van der Waals surface area contributed by atoms with Crippen molar-refractivity contribution in [2.24, 2.45) is 0 Å². The van der Waals surface area contributed by atoms with Gasteiger partial charge in [-0.1, -0.05) is 80.3 Å². The lowest BCUT2D eigenvalue weighted by molar-refractivity contribution is -0.159. The third-order valence-corrected chi connectivity index (χ3v) is 8.55. The van der Waals surface area contributed by atoms with Crippen molar-refractivity contribution in [3.63, 3.8) is 0 Å². The molecule has 2 amide bonds. The summed E-state index contributed by atoms with van der Waals surface area (Å²) in [4.78, 5) is 30.2. The molecule has 1 aliphatic rings. The molecule has 0 bridgehead atoms. The molecule has 0 saturated carbocycles. The highest BCUT2D eigenvalue weighted by Gasteiger charge is 2.41. The molecule has 1 aliphatic heterocycles. The van der Waals surface area contributed by atoms with Gasteiger partial charge in [0.2, 0.25) is 17.6 Å². The summed E-state index contributed by atoms with van der Waals surface area (Å²) in [6, 6.07) is 21.6. The fourth-order valence-electron chi connectivity index (χ4n) is 5.92. The third kappa shape index (κ3) is 7.89. The van der Waals surface area contributed by atoms with Crippen LogP contribution in [-0.2, 0) is 22.4 Å². The number of carbonyl (C=O) groups is 2. The highest BCUT2D eigenvalue weighted by atomic mass is 16.5. The Labute approximate surface area is 256 Å². The van der Waals surface area contributed by atoms with Crippen molar-refractivity contribution in [3.05, 3.63) is 77.9 Å². The molecule has 1 heterocycles. The van der Waals surface area contributed by atoms with Gasteiger partial charge in [-0.2, -0.15) is 0 Å². The fourth-order valence-corrected chi connectivity index (χ4v) is 5.92. The zero-order valence-electron chi connectivity index (χ0n) is 26.3. The Hall–Kier alpha value is -4.00. The zero-order chi connectivity index (χ0) is 30.8. The van der Waals surface area contributed by atoms with E-state index in [2.05, 4.69) is 30.3 Å². The summed E-state index contributed by atoms with van der Waals surface area (Å²) in [6.45, 7) is 2.48. The Morgan fingerprint density at radius 1 is 0.674 bits per heavy atom. The molecule has 1 fully saturated rings. The van der Waals surface area contributed by atoms with Crippen molar-refractivity contribution >= 4 is 11.8 Å². The first-order chi connectivity index (χ1) is 20.9. The molecule has 2 atom stereocenters. The molecular weight excluding hydrogens is 540 g/mol.